The Kier molecular flexibility index (Phi) is 77.1. The van der Waals surface area contributed by atoms with Crippen molar-refractivity contribution in [2.45, 2.75) is 450 Å². The van der Waals surface area contributed by atoms with Crippen LogP contribution in [0.2, 0.25) is 0 Å². The minimum absolute atomic E-state index is 0.0569. The van der Waals surface area contributed by atoms with Gasteiger partial charge < -0.3 is 29.9 Å². The molecule has 0 bridgehead atoms. The molecule has 0 amide bonds. The van der Waals surface area contributed by atoms with Crippen LogP contribution in [0.4, 0.5) is 0 Å². The molecule has 0 heterocycles. The standard InChI is InChI=1S/2C39H76O5/c1-3-5-7-9-11-13-15-17-19-21-23-25-27-29-31-33-38(41)43-36-37(35-40)44-39(42)34-32-30-28-26-24-22-20-18-16-14-12-10-8-6-4-2;40-36-37(33-29-25-21-17-13-9-5-3-7-11-15-19-23-27-31-35-39(43)44)32-28-24-20-16-12-8-4-1-2-6-10-14-18-22-26-30-34-38(41)42/h37,40H,3-36H2,1-2H3;37,40H,1-36H2,(H,41,42)(H,43,44). The first kappa shape index (κ1) is 87.9. The van der Waals surface area contributed by atoms with Crippen LogP contribution in [0.5, 0.6) is 0 Å². The Balaban J connectivity index is 0. The summed E-state index contributed by atoms with van der Waals surface area (Å²) in [5.74, 6) is -1.37. The largest absolute Gasteiger partial charge is 0.481 e. The zero-order valence-electron chi connectivity index (χ0n) is 58.9. The third-order valence-electron chi connectivity index (χ3n) is 18.4. The number of aliphatic hydroxyl groups excluding tert-OH is 2. The SMILES string of the molecule is CCCCCCCCCCCCCCCCCC(=O)OCC(CO)OC(=O)CCCCCCCCCCCCCCCCC.O=C(O)CCCCCCCCCCCCCCCCCCC(CO)CCCCCCCCCCCCCCCCCC(=O)O. The van der Waals surface area contributed by atoms with Gasteiger partial charge in [0.25, 0.3) is 0 Å². The highest BCUT2D eigenvalue weighted by Gasteiger charge is 2.16. The summed E-state index contributed by atoms with van der Waals surface area (Å²) in [6, 6.07) is 0. The van der Waals surface area contributed by atoms with Gasteiger partial charge in [-0.15, -0.1) is 0 Å². The molecule has 10 nitrogen and oxygen atoms in total. The van der Waals surface area contributed by atoms with E-state index in [-0.39, 0.29) is 25.2 Å². The van der Waals surface area contributed by atoms with Crippen molar-refractivity contribution in [1.29, 1.82) is 0 Å². The quantitative estimate of drug-likeness (QED) is 0.0340. The van der Waals surface area contributed by atoms with Crippen LogP contribution in [0.1, 0.15) is 444 Å². The van der Waals surface area contributed by atoms with Crippen LogP contribution >= 0.6 is 0 Å². The molecule has 0 aliphatic heterocycles. The number of hydrogen-bond donors (Lipinski definition) is 4. The van der Waals surface area contributed by atoms with Crippen LogP contribution in [-0.2, 0) is 28.7 Å². The summed E-state index contributed by atoms with van der Waals surface area (Å²) < 4.78 is 10.6. The minimum Gasteiger partial charge on any atom is -0.481 e. The van der Waals surface area contributed by atoms with Crippen molar-refractivity contribution in [2.24, 2.45) is 5.92 Å². The van der Waals surface area contributed by atoms with E-state index in [0.29, 0.717) is 38.2 Å². The Morgan fingerprint density at radius 2 is 0.466 bits per heavy atom. The fourth-order valence-electron chi connectivity index (χ4n) is 12.4. The van der Waals surface area contributed by atoms with Crippen molar-refractivity contribution in [3.8, 4) is 0 Å². The van der Waals surface area contributed by atoms with E-state index in [2.05, 4.69) is 13.8 Å². The van der Waals surface area contributed by atoms with Crippen LogP contribution in [-0.4, -0.2) is 70.2 Å². The van der Waals surface area contributed by atoms with Gasteiger partial charge in [0.15, 0.2) is 6.10 Å². The highest BCUT2D eigenvalue weighted by Crippen LogP contribution is 2.22. The minimum atomic E-state index is -0.760. The number of aliphatic carboxylic acids is 2. The molecular weight excluding hydrogens is 1100 g/mol. The molecule has 0 radical (unpaired) electrons. The van der Waals surface area contributed by atoms with E-state index >= 15 is 0 Å². The Bertz CT molecular complexity index is 1390. The zero-order valence-corrected chi connectivity index (χ0v) is 58.9. The molecule has 0 aromatic carbocycles. The first-order valence-electron chi connectivity index (χ1n) is 39.2. The molecule has 0 fully saturated rings. The molecule has 0 aliphatic rings. The first-order valence-corrected chi connectivity index (χ1v) is 39.2. The topological polar surface area (TPSA) is 168 Å². The van der Waals surface area contributed by atoms with Gasteiger partial charge in [0, 0.05) is 32.3 Å². The van der Waals surface area contributed by atoms with Gasteiger partial charge in [-0.25, -0.2) is 0 Å². The Hall–Kier alpha value is -2.20. The molecule has 2 unspecified atom stereocenters. The average Bonchev–Trinajstić information content (AvgIpc) is 3.52. The fourth-order valence-corrected chi connectivity index (χ4v) is 12.4. The lowest BCUT2D eigenvalue weighted by molar-refractivity contribution is -0.161. The van der Waals surface area contributed by atoms with Crippen LogP contribution in [0.15, 0.2) is 0 Å². The van der Waals surface area contributed by atoms with Crippen LogP contribution in [0, 0.1) is 5.92 Å². The average molecular weight is 1250 g/mol. The van der Waals surface area contributed by atoms with Crippen LogP contribution in [0.25, 0.3) is 0 Å². The Morgan fingerprint density at radius 1 is 0.261 bits per heavy atom. The maximum Gasteiger partial charge on any atom is 0.306 e. The molecule has 0 saturated carbocycles. The summed E-state index contributed by atoms with van der Waals surface area (Å²) in [6.07, 6.45) is 81.8. The van der Waals surface area contributed by atoms with Crippen LogP contribution < -0.4 is 0 Å². The summed E-state index contributed by atoms with van der Waals surface area (Å²) >= 11 is 0. The lowest BCUT2D eigenvalue weighted by Crippen LogP contribution is -2.28. The number of ether oxygens (including phenoxy) is 2. The molecule has 0 aliphatic carbocycles. The number of carboxylic acids is 2. The maximum absolute atomic E-state index is 12.1. The van der Waals surface area contributed by atoms with Gasteiger partial charge in [-0.1, -0.05) is 380 Å². The normalized spacial score (nSPS) is 12.0. The van der Waals surface area contributed by atoms with Gasteiger partial charge in [0.2, 0.25) is 0 Å². The van der Waals surface area contributed by atoms with Crippen molar-refractivity contribution in [2.75, 3.05) is 19.8 Å². The Morgan fingerprint density at radius 3 is 0.682 bits per heavy atom. The third kappa shape index (κ3) is 78.0. The van der Waals surface area contributed by atoms with Crippen LogP contribution in [0.3, 0.4) is 0 Å². The number of carbonyl (C=O) groups is 4. The van der Waals surface area contributed by atoms with E-state index in [4.69, 9.17) is 19.7 Å². The summed E-state index contributed by atoms with van der Waals surface area (Å²) in [6.45, 7) is 4.53. The monoisotopic (exact) mass is 1250 g/mol. The van der Waals surface area contributed by atoms with Crippen molar-refractivity contribution >= 4 is 23.9 Å². The van der Waals surface area contributed by atoms with E-state index in [0.717, 1.165) is 57.8 Å². The second-order valence-electron chi connectivity index (χ2n) is 27.3. The zero-order chi connectivity index (χ0) is 64.4. The molecule has 0 aromatic rings. The van der Waals surface area contributed by atoms with Gasteiger partial charge in [-0.05, 0) is 44.4 Å². The van der Waals surface area contributed by atoms with E-state index < -0.39 is 18.0 Å². The maximum atomic E-state index is 12.1. The fraction of sp³-hybridized carbons (Fsp3) is 0.949. The molecule has 0 saturated heterocycles. The Labute approximate surface area is 546 Å². The van der Waals surface area contributed by atoms with Crippen molar-refractivity contribution in [3.05, 3.63) is 0 Å². The number of unbranched alkanes of at least 4 members (excludes halogenated alkanes) is 57. The highest BCUT2D eigenvalue weighted by atomic mass is 16.6. The van der Waals surface area contributed by atoms with Crippen molar-refractivity contribution < 1.29 is 49.1 Å². The number of rotatable bonds is 74. The van der Waals surface area contributed by atoms with E-state index in [1.807, 2.05) is 0 Å². The van der Waals surface area contributed by atoms with Gasteiger partial charge in [0.05, 0.1) is 6.61 Å². The molecule has 524 valence electrons. The second-order valence-corrected chi connectivity index (χ2v) is 27.3. The molecule has 88 heavy (non-hydrogen) atoms. The lowest BCUT2D eigenvalue weighted by atomic mass is 9.94. The lowest BCUT2D eigenvalue weighted by Gasteiger charge is -2.15. The van der Waals surface area contributed by atoms with Crippen molar-refractivity contribution in [1.82, 2.24) is 0 Å². The predicted molar refractivity (Wildman–Crippen MR) is 374 cm³/mol. The summed E-state index contributed by atoms with van der Waals surface area (Å²) in [5.41, 5.74) is 0. The molecule has 0 aromatic heterocycles. The molecular formula is C78H152O10. The van der Waals surface area contributed by atoms with E-state index in [1.54, 1.807) is 0 Å². The number of esters is 2. The second kappa shape index (κ2) is 77.2. The number of hydrogen-bond acceptors (Lipinski definition) is 8. The van der Waals surface area contributed by atoms with E-state index in [9.17, 15) is 29.4 Å². The highest BCUT2D eigenvalue weighted by molar-refractivity contribution is 5.70. The third-order valence-corrected chi connectivity index (χ3v) is 18.4. The molecule has 2 atom stereocenters. The summed E-state index contributed by atoms with van der Waals surface area (Å²) in [4.78, 5) is 45.2. The van der Waals surface area contributed by atoms with Gasteiger partial charge in [0.1, 0.15) is 6.61 Å². The molecule has 0 rings (SSSR count). The number of aliphatic hydroxyl groups is 2. The molecule has 0 spiro atoms. The summed E-state index contributed by atoms with van der Waals surface area (Å²) in [5, 5.41) is 36.6. The number of carboxylic acid groups (broad SMARTS) is 2. The van der Waals surface area contributed by atoms with E-state index in [1.165, 1.54) is 347 Å². The smallest absolute Gasteiger partial charge is 0.306 e. The van der Waals surface area contributed by atoms with Crippen molar-refractivity contribution in [3.63, 3.8) is 0 Å². The van der Waals surface area contributed by atoms with Gasteiger partial charge in [-0.2, -0.15) is 0 Å². The number of carbonyl (C=O) groups excluding carboxylic acids is 2. The van der Waals surface area contributed by atoms with Gasteiger partial charge in [-0.3, -0.25) is 19.2 Å². The molecule has 4 N–H and O–H groups in total. The predicted octanol–water partition coefficient (Wildman–Crippen LogP) is 24.4. The first-order chi connectivity index (χ1) is 43.2. The summed E-state index contributed by atoms with van der Waals surface area (Å²) in [7, 11) is 0. The van der Waals surface area contributed by atoms with Gasteiger partial charge >= 0.3 is 23.9 Å². The molecule has 10 heteroatoms.